The molecule has 0 aromatic carbocycles. The fourth-order valence-electron chi connectivity index (χ4n) is 2.55. The molecular weight excluding hydrogens is 350 g/mol. The molecule has 0 unspecified atom stereocenters. The lowest BCUT2D eigenvalue weighted by Crippen LogP contribution is -2.15. The van der Waals surface area contributed by atoms with Gasteiger partial charge in [-0.15, -0.1) is 0 Å². The van der Waals surface area contributed by atoms with Crippen LogP contribution in [-0.4, -0.2) is 59.9 Å². The van der Waals surface area contributed by atoms with Crippen LogP contribution in [0.5, 0.6) is 5.75 Å². The second kappa shape index (κ2) is 9.83. The molecule has 0 saturated carbocycles. The average Bonchev–Trinajstić information content (AvgIpc) is 2.56. The molecule has 1 aromatic rings. The maximum atomic E-state index is 10.7. The highest BCUT2D eigenvalue weighted by molar-refractivity contribution is 7.98. The van der Waals surface area contributed by atoms with E-state index < -0.39 is 0 Å². The van der Waals surface area contributed by atoms with Crippen LogP contribution in [-0.2, 0) is 11.5 Å². The number of hydrogen-bond donors (Lipinski definition) is 1. The third-order valence-corrected chi connectivity index (χ3v) is 6.47. The Morgan fingerprint density at radius 1 is 1.24 bits per heavy atom. The number of nitrogens with zero attached hydrogens (tertiary/aromatic N) is 3. The van der Waals surface area contributed by atoms with Gasteiger partial charge in [-0.2, -0.15) is 23.5 Å². The van der Waals surface area contributed by atoms with Crippen LogP contribution in [0.1, 0.15) is 43.5 Å². The lowest BCUT2D eigenvalue weighted by Gasteiger charge is -2.24. The summed E-state index contributed by atoms with van der Waals surface area (Å²) in [5.41, 5.74) is 3.11. The van der Waals surface area contributed by atoms with Gasteiger partial charge in [0.05, 0.1) is 12.2 Å². The van der Waals surface area contributed by atoms with Crippen molar-refractivity contribution in [3.8, 4) is 5.75 Å². The SMILES string of the molecule is CN(C)CCN=Cc1c2cnc(c1O)CSCCC(C)(C)CCSC2. The molecule has 3 rings (SSSR count). The van der Waals surface area contributed by atoms with Crippen LogP contribution in [0.15, 0.2) is 11.2 Å². The summed E-state index contributed by atoms with van der Waals surface area (Å²) in [7, 11) is 4.08. The molecule has 0 radical (unpaired) electrons. The van der Waals surface area contributed by atoms with Crippen molar-refractivity contribution in [3.05, 3.63) is 23.0 Å². The lowest BCUT2D eigenvalue weighted by molar-refractivity contribution is 0.344. The Balaban J connectivity index is 2.19. The molecule has 0 spiro atoms. The zero-order chi connectivity index (χ0) is 18.3. The van der Waals surface area contributed by atoms with E-state index in [2.05, 4.69) is 28.7 Å². The average molecular weight is 382 g/mol. The number of aromatic hydroxyl groups is 1. The van der Waals surface area contributed by atoms with Crippen LogP contribution < -0.4 is 0 Å². The molecule has 0 saturated heterocycles. The molecule has 2 aliphatic rings. The summed E-state index contributed by atoms with van der Waals surface area (Å²) in [6, 6.07) is 0. The summed E-state index contributed by atoms with van der Waals surface area (Å²) >= 11 is 3.78. The summed E-state index contributed by atoms with van der Waals surface area (Å²) in [5, 5.41) is 10.7. The Kier molecular flexibility index (Phi) is 8.10. The minimum absolute atomic E-state index is 0.317. The fourth-order valence-corrected chi connectivity index (χ4v) is 5.08. The van der Waals surface area contributed by atoms with Crippen LogP contribution >= 0.6 is 23.5 Å². The monoisotopic (exact) mass is 381 g/mol. The van der Waals surface area contributed by atoms with Crippen LogP contribution in [0.2, 0.25) is 0 Å². The Morgan fingerprint density at radius 3 is 2.60 bits per heavy atom. The second-order valence-electron chi connectivity index (χ2n) is 7.60. The first-order valence-electron chi connectivity index (χ1n) is 8.89. The maximum absolute atomic E-state index is 10.7. The molecule has 2 aliphatic heterocycles. The summed E-state index contributed by atoms with van der Waals surface area (Å²) in [6.45, 7) is 6.36. The predicted octanol–water partition coefficient (Wildman–Crippen LogP) is 4.05. The van der Waals surface area contributed by atoms with Gasteiger partial charge in [-0.25, -0.2) is 0 Å². The molecule has 140 valence electrons. The van der Waals surface area contributed by atoms with Crippen LogP contribution in [0, 0.1) is 5.41 Å². The van der Waals surface area contributed by atoms with Crippen LogP contribution in [0.3, 0.4) is 0 Å². The second-order valence-corrected chi connectivity index (χ2v) is 9.81. The van der Waals surface area contributed by atoms with Crippen LogP contribution in [0.4, 0.5) is 0 Å². The largest absolute Gasteiger partial charge is 0.505 e. The Morgan fingerprint density at radius 2 is 1.92 bits per heavy atom. The minimum atomic E-state index is 0.317. The third-order valence-electron chi connectivity index (χ3n) is 4.49. The molecule has 2 bridgehead atoms. The van der Waals surface area contributed by atoms with E-state index >= 15 is 0 Å². The summed E-state index contributed by atoms with van der Waals surface area (Å²) < 4.78 is 0. The van der Waals surface area contributed by atoms with Crippen molar-refractivity contribution in [2.24, 2.45) is 10.4 Å². The highest BCUT2D eigenvalue weighted by Crippen LogP contribution is 2.33. The smallest absolute Gasteiger partial charge is 0.146 e. The van der Waals surface area contributed by atoms with E-state index in [4.69, 9.17) is 0 Å². The molecule has 1 aromatic heterocycles. The highest BCUT2D eigenvalue weighted by Gasteiger charge is 2.19. The molecule has 0 aliphatic carbocycles. The molecule has 1 N–H and O–H groups in total. The van der Waals surface area contributed by atoms with Gasteiger partial charge in [0.2, 0.25) is 0 Å². The van der Waals surface area contributed by atoms with E-state index in [1.165, 1.54) is 12.8 Å². The predicted molar refractivity (Wildman–Crippen MR) is 112 cm³/mol. The quantitative estimate of drug-likeness (QED) is 0.797. The van der Waals surface area contributed by atoms with Crippen molar-refractivity contribution >= 4 is 29.7 Å². The molecule has 0 atom stereocenters. The number of fused-ring (bicyclic) bond motifs is 10. The van der Waals surface area contributed by atoms with Gasteiger partial charge in [0.1, 0.15) is 5.75 Å². The lowest BCUT2D eigenvalue weighted by atomic mass is 9.87. The zero-order valence-electron chi connectivity index (χ0n) is 15.9. The number of rotatable bonds is 4. The number of pyridine rings is 1. The first-order chi connectivity index (χ1) is 11.9. The standard InChI is InChI=1S/C19H31N3OS2/c1-19(2)5-9-24-13-15-11-21-17(14-25-10-6-19)18(23)16(15)12-20-7-8-22(3)4/h11-12,23H,5-10,13-14H2,1-4H3. The van der Waals surface area contributed by atoms with Crippen molar-refractivity contribution in [1.29, 1.82) is 0 Å². The van der Waals surface area contributed by atoms with Gasteiger partial charge >= 0.3 is 0 Å². The van der Waals surface area contributed by atoms with Gasteiger partial charge in [0, 0.05) is 36.0 Å². The number of hydrogen-bond acceptors (Lipinski definition) is 6. The summed E-state index contributed by atoms with van der Waals surface area (Å²) in [6.07, 6.45) is 6.20. The fraction of sp³-hybridized carbons (Fsp3) is 0.684. The number of thioether (sulfide) groups is 2. The zero-order valence-corrected chi connectivity index (χ0v) is 17.5. The maximum Gasteiger partial charge on any atom is 0.146 e. The number of aliphatic imine (C=N–C) groups is 1. The summed E-state index contributed by atoms with van der Waals surface area (Å²) in [4.78, 5) is 11.2. The van der Waals surface area contributed by atoms with Crippen molar-refractivity contribution in [2.75, 3.05) is 38.7 Å². The van der Waals surface area contributed by atoms with Crippen molar-refractivity contribution < 1.29 is 5.11 Å². The Labute approximate surface area is 160 Å². The van der Waals surface area contributed by atoms with E-state index in [1.807, 2.05) is 50.0 Å². The topological polar surface area (TPSA) is 48.7 Å². The Hall–Kier alpha value is -0.720. The van der Waals surface area contributed by atoms with Gasteiger partial charge in [0.15, 0.2) is 0 Å². The third kappa shape index (κ3) is 6.83. The first kappa shape index (κ1) is 20.6. The summed E-state index contributed by atoms with van der Waals surface area (Å²) in [5.74, 6) is 4.19. The molecule has 0 amide bonds. The normalized spacial score (nSPS) is 18.9. The van der Waals surface area contributed by atoms with Crippen molar-refractivity contribution in [1.82, 2.24) is 9.88 Å². The highest BCUT2D eigenvalue weighted by atomic mass is 32.2. The first-order valence-corrected chi connectivity index (χ1v) is 11.2. The van der Waals surface area contributed by atoms with Crippen molar-refractivity contribution in [3.63, 3.8) is 0 Å². The Bertz CT molecular complexity index is 588. The minimum Gasteiger partial charge on any atom is -0.505 e. The van der Waals surface area contributed by atoms with Crippen molar-refractivity contribution in [2.45, 2.75) is 38.2 Å². The van der Waals surface area contributed by atoms with E-state index in [0.29, 0.717) is 11.2 Å². The molecule has 6 heteroatoms. The van der Waals surface area contributed by atoms with E-state index in [9.17, 15) is 5.11 Å². The van der Waals surface area contributed by atoms with E-state index in [0.717, 1.165) is 52.9 Å². The molecule has 3 heterocycles. The van der Waals surface area contributed by atoms with E-state index in [1.54, 1.807) is 0 Å². The van der Waals surface area contributed by atoms with Gasteiger partial charge in [-0.3, -0.25) is 9.98 Å². The number of likely N-dealkylation sites (N-methyl/N-ethyl adjacent to an activating group) is 1. The van der Waals surface area contributed by atoms with E-state index in [-0.39, 0.29) is 0 Å². The number of aromatic nitrogens is 1. The van der Waals surface area contributed by atoms with Gasteiger partial charge < -0.3 is 10.0 Å². The van der Waals surface area contributed by atoms with Gasteiger partial charge in [-0.1, -0.05) is 13.8 Å². The molecule has 0 fully saturated rings. The van der Waals surface area contributed by atoms with Gasteiger partial charge in [-0.05, 0) is 49.4 Å². The van der Waals surface area contributed by atoms with Gasteiger partial charge in [0.25, 0.3) is 0 Å². The van der Waals surface area contributed by atoms with Crippen LogP contribution in [0.25, 0.3) is 0 Å². The molecule has 4 nitrogen and oxygen atoms in total. The molecule has 25 heavy (non-hydrogen) atoms. The molecular formula is C19H31N3OS2.